The molecule has 3 nitrogen and oxygen atoms in total. The minimum Gasteiger partial charge on any atom is -0.243 e. The number of nitrogens with zero attached hydrogens (tertiary/aromatic N) is 3. The number of hydrogen-bond donors (Lipinski definition) is 0. The van der Waals surface area contributed by atoms with Gasteiger partial charge in [0.2, 0.25) is 0 Å². The van der Waals surface area contributed by atoms with Crippen LogP contribution in [0.3, 0.4) is 0 Å². The van der Waals surface area contributed by atoms with Crippen LogP contribution in [0.2, 0.25) is 0 Å². The predicted octanol–water partition coefficient (Wildman–Crippen LogP) is 2.10. The van der Waals surface area contributed by atoms with Crippen LogP contribution in [0, 0.1) is 11.8 Å². The third-order valence-corrected chi connectivity index (χ3v) is 1.98. The van der Waals surface area contributed by atoms with Crippen molar-refractivity contribution in [3.8, 4) is 0 Å². The molecular weight excluding hydrogens is 126 g/mol. The van der Waals surface area contributed by atoms with Gasteiger partial charge in [0.25, 0.3) is 0 Å². The maximum absolute atomic E-state index is 4.10. The Labute approximate surface area is 61.3 Å². The van der Waals surface area contributed by atoms with Crippen LogP contribution in [0.1, 0.15) is 20.8 Å². The molecular formula is C7H13N3. The van der Waals surface area contributed by atoms with E-state index in [1.54, 1.807) is 0 Å². The smallest absolute Gasteiger partial charge is 0.165 e. The van der Waals surface area contributed by atoms with Gasteiger partial charge in [0.05, 0.1) is 0 Å². The molecule has 0 saturated carbocycles. The summed E-state index contributed by atoms with van der Waals surface area (Å²) in [7, 11) is 0. The van der Waals surface area contributed by atoms with Crippen LogP contribution in [-0.4, -0.2) is 12.5 Å². The van der Waals surface area contributed by atoms with Crippen LogP contribution in [0.15, 0.2) is 15.2 Å². The summed E-state index contributed by atoms with van der Waals surface area (Å²) < 4.78 is 0. The van der Waals surface area contributed by atoms with Gasteiger partial charge in [0.1, 0.15) is 6.34 Å². The van der Waals surface area contributed by atoms with Gasteiger partial charge in [-0.05, 0) is 5.92 Å². The lowest BCUT2D eigenvalue weighted by Gasteiger charge is -2.16. The van der Waals surface area contributed by atoms with Gasteiger partial charge in [-0.25, -0.2) is 4.99 Å². The number of azo groups is 1. The molecule has 1 rings (SSSR count). The topological polar surface area (TPSA) is 37.1 Å². The second-order valence-corrected chi connectivity index (χ2v) is 3.01. The Morgan fingerprint density at radius 1 is 1.30 bits per heavy atom. The van der Waals surface area contributed by atoms with Crippen molar-refractivity contribution in [1.29, 1.82) is 0 Å². The lowest BCUT2D eigenvalue weighted by atomic mass is 9.96. The Bertz CT molecular complexity index is 148. The molecule has 0 aromatic carbocycles. The molecule has 1 heterocycles. The van der Waals surface area contributed by atoms with Gasteiger partial charge in [-0.3, -0.25) is 0 Å². The van der Waals surface area contributed by atoms with Crippen molar-refractivity contribution in [3.05, 3.63) is 0 Å². The van der Waals surface area contributed by atoms with Crippen molar-refractivity contribution in [3.63, 3.8) is 0 Å². The van der Waals surface area contributed by atoms with Gasteiger partial charge >= 0.3 is 0 Å². The molecule has 1 aliphatic heterocycles. The molecule has 0 spiro atoms. The number of aliphatic imine (C=N–C) groups is 1. The summed E-state index contributed by atoms with van der Waals surface area (Å²) >= 11 is 0. The second-order valence-electron chi connectivity index (χ2n) is 3.01. The van der Waals surface area contributed by atoms with E-state index in [4.69, 9.17) is 0 Å². The lowest BCUT2D eigenvalue weighted by Crippen LogP contribution is -2.16. The van der Waals surface area contributed by atoms with E-state index in [2.05, 4.69) is 36.0 Å². The van der Waals surface area contributed by atoms with Crippen LogP contribution in [0.4, 0.5) is 0 Å². The Kier molecular flexibility index (Phi) is 2.14. The molecule has 10 heavy (non-hydrogen) atoms. The Balaban J connectivity index is 2.49. The zero-order chi connectivity index (χ0) is 7.56. The molecule has 0 aliphatic carbocycles. The quantitative estimate of drug-likeness (QED) is 0.562. The summed E-state index contributed by atoms with van der Waals surface area (Å²) in [6.07, 6.45) is 1.61. The van der Waals surface area contributed by atoms with Crippen LogP contribution in [0.5, 0.6) is 0 Å². The van der Waals surface area contributed by atoms with Crippen LogP contribution in [-0.2, 0) is 0 Å². The van der Waals surface area contributed by atoms with Crippen LogP contribution in [0.25, 0.3) is 0 Å². The molecule has 0 aromatic rings. The summed E-state index contributed by atoms with van der Waals surface area (Å²) in [5, 5.41) is 7.66. The normalized spacial score (nSPS) is 26.2. The lowest BCUT2D eigenvalue weighted by molar-refractivity contribution is 0.355. The highest BCUT2D eigenvalue weighted by Crippen LogP contribution is 2.20. The first-order valence-electron chi connectivity index (χ1n) is 3.63. The maximum Gasteiger partial charge on any atom is 0.165 e. The SMILES string of the molecule is CC(C)[C@@H](C)C1N=CN=N1. The van der Waals surface area contributed by atoms with E-state index >= 15 is 0 Å². The van der Waals surface area contributed by atoms with Crippen LogP contribution < -0.4 is 0 Å². The predicted molar refractivity (Wildman–Crippen MR) is 41.1 cm³/mol. The summed E-state index contributed by atoms with van der Waals surface area (Å²) in [5.41, 5.74) is 0. The van der Waals surface area contributed by atoms with Crippen LogP contribution >= 0.6 is 0 Å². The fourth-order valence-corrected chi connectivity index (χ4v) is 0.811. The van der Waals surface area contributed by atoms with Gasteiger partial charge in [-0.1, -0.05) is 20.8 Å². The molecule has 0 amide bonds. The molecule has 0 N–H and O–H groups in total. The van der Waals surface area contributed by atoms with Gasteiger partial charge < -0.3 is 0 Å². The van der Waals surface area contributed by atoms with Crippen molar-refractivity contribution < 1.29 is 0 Å². The highest BCUT2D eigenvalue weighted by Gasteiger charge is 2.19. The summed E-state index contributed by atoms with van der Waals surface area (Å²) in [6, 6.07) is 0. The molecule has 56 valence electrons. The standard InChI is InChI=1S/C7H13N3/c1-5(2)6(3)7-8-4-9-10-7/h4-7H,1-3H3/t6-,7?/m1/s1. The van der Waals surface area contributed by atoms with E-state index in [1.807, 2.05) is 0 Å². The van der Waals surface area contributed by atoms with E-state index in [9.17, 15) is 0 Å². The largest absolute Gasteiger partial charge is 0.243 e. The van der Waals surface area contributed by atoms with E-state index in [1.165, 1.54) is 6.34 Å². The van der Waals surface area contributed by atoms with Gasteiger partial charge in [0.15, 0.2) is 6.17 Å². The molecule has 0 fully saturated rings. The average Bonchev–Trinajstić information content (AvgIpc) is 2.36. The fourth-order valence-electron chi connectivity index (χ4n) is 0.811. The third kappa shape index (κ3) is 1.40. The van der Waals surface area contributed by atoms with Crippen molar-refractivity contribution in [1.82, 2.24) is 0 Å². The first-order chi connectivity index (χ1) is 4.72. The summed E-state index contributed by atoms with van der Waals surface area (Å²) in [5.74, 6) is 1.13. The molecule has 3 heteroatoms. The first kappa shape index (κ1) is 7.38. The third-order valence-electron chi connectivity index (χ3n) is 1.98. The van der Waals surface area contributed by atoms with E-state index in [0.29, 0.717) is 11.8 Å². The maximum atomic E-state index is 4.10. The van der Waals surface area contributed by atoms with E-state index in [0.717, 1.165) is 0 Å². The zero-order valence-corrected chi connectivity index (χ0v) is 6.65. The Morgan fingerprint density at radius 3 is 2.40 bits per heavy atom. The molecule has 0 bridgehead atoms. The number of hydrogen-bond acceptors (Lipinski definition) is 3. The molecule has 1 aliphatic rings. The van der Waals surface area contributed by atoms with Gasteiger partial charge in [-0.15, -0.1) is 5.11 Å². The molecule has 2 atom stereocenters. The van der Waals surface area contributed by atoms with E-state index < -0.39 is 0 Å². The monoisotopic (exact) mass is 139 g/mol. The zero-order valence-electron chi connectivity index (χ0n) is 6.65. The van der Waals surface area contributed by atoms with Gasteiger partial charge in [-0.2, -0.15) is 5.11 Å². The molecule has 0 saturated heterocycles. The second kappa shape index (κ2) is 2.90. The molecule has 1 unspecified atom stereocenters. The first-order valence-corrected chi connectivity index (χ1v) is 3.63. The highest BCUT2D eigenvalue weighted by atomic mass is 15.3. The van der Waals surface area contributed by atoms with Crippen molar-refractivity contribution in [2.45, 2.75) is 26.9 Å². The van der Waals surface area contributed by atoms with Gasteiger partial charge in [0, 0.05) is 5.92 Å². The molecule has 0 aromatic heterocycles. The van der Waals surface area contributed by atoms with Crippen molar-refractivity contribution in [2.24, 2.45) is 27.1 Å². The average molecular weight is 139 g/mol. The fraction of sp³-hybridized carbons (Fsp3) is 0.857. The van der Waals surface area contributed by atoms with Crippen molar-refractivity contribution >= 4 is 6.34 Å². The minimum atomic E-state index is 0.0833. The minimum absolute atomic E-state index is 0.0833. The summed E-state index contributed by atoms with van der Waals surface area (Å²) in [6.45, 7) is 6.50. The summed E-state index contributed by atoms with van der Waals surface area (Å²) in [4.78, 5) is 4.10. The Morgan fingerprint density at radius 2 is 2.00 bits per heavy atom. The molecule has 0 radical (unpaired) electrons. The Hall–Kier alpha value is -0.730. The highest BCUT2D eigenvalue weighted by molar-refractivity contribution is 5.56. The van der Waals surface area contributed by atoms with Crippen molar-refractivity contribution in [2.75, 3.05) is 0 Å². The van der Waals surface area contributed by atoms with E-state index in [-0.39, 0.29) is 6.17 Å². The number of rotatable bonds is 2.